The number of carbonyl (C=O) groups excluding carboxylic acids is 1. The van der Waals surface area contributed by atoms with E-state index in [0.717, 1.165) is 43.4 Å². The van der Waals surface area contributed by atoms with Crippen LogP contribution >= 0.6 is 7.37 Å². The minimum atomic E-state index is -3.34. The molecule has 43 heavy (non-hydrogen) atoms. The van der Waals surface area contributed by atoms with Crippen molar-refractivity contribution in [2.75, 3.05) is 11.9 Å². The molecule has 0 saturated carbocycles. The first-order chi connectivity index (χ1) is 21.1. The van der Waals surface area contributed by atoms with Crippen molar-refractivity contribution < 1.29 is 23.7 Å². The van der Waals surface area contributed by atoms with Crippen LogP contribution in [0.1, 0.15) is 63.4 Å². The van der Waals surface area contributed by atoms with E-state index >= 15 is 0 Å². The Labute approximate surface area is 255 Å². The SMILES string of the molecule is O=C(CCCCCCCCCCOc1ccc(CO)cc1)Nc1ccc(OP(=O)(c2ccccc2)c2ccccc2)cc1. The van der Waals surface area contributed by atoms with Crippen molar-refractivity contribution >= 4 is 29.6 Å². The zero-order chi connectivity index (χ0) is 30.2. The van der Waals surface area contributed by atoms with E-state index in [4.69, 9.17) is 14.4 Å². The lowest BCUT2D eigenvalue weighted by atomic mass is 10.1. The number of hydrogen-bond donors (Lipinski definition) is 2. The molecule has 1 amide bonds. The first-order valence-electron chi connectivity index (χ1n) is 15.2. The molecule has 0 saturated heterocycles. The van der Waals surface area contributed by atoms with Gasteiger partial charge in [-0.3, -0.25) is 9.36 Å². The summed E-state index contributed by atoms with van der Waals surface area (Å²) in [6, 6.07) is 33.1. The van der Waals surface area contributed by atoms with E-state index in [0.29, 0.717) is 35.1 Å². The maximum Gasteiger partial charge on any atom is 0.306 e. The molecule has 6 nitrogen and oxygen atoms in total. The smallest absolute Gasteiger partial charge is 0.306 e. The molecule has 0 aliphatic heterocycles. The number of anilines is 1. The molecule has 0 heterocycles. The minimum Gasteiger partial charge on any atom is -0.494 e. The molecule has 4 aromatic carbocycles. The molecule has 4 aromatic rings. The fourth-order valence-corrected chi connectivity index (χ4v) is 6.86. The van der Waals surface area contributed by atoms with Gasteiger partial charge in [0.05, 0.1) is 23.8 Å². The van der Waals surface area contributed by atoms with Gasteiger partial charge in [-0.15, -0.1) is 0 Å². The molecule has 226 valence electrons. The van der Waals surface area contributed by atoms with Gasteiger partial charge in [0.2, 0.25) is 5.91 Å². The Morgan fingerprint density at radius 2 is 1.14 bits per heavy atom. The largest absolute Gasteiger partial charge is 0.494 e. The summed E-state index contributed by atoms with van der Waals surface area (Å²) < 4.78 is 26.0. The number of unbranched alkanes of at least 4 members (excludes halogenated alkanes) is 7. The summed E-state index contributed by atoms with van der Waals surface area (Å²) in [5.41, 5.74) is 1.58. The van der Waals surface area contributed by atoms with Gasteiger partial charge in [0.1, 0.15) is 11.5 Å². The summed E-state index contributed by atoms with van der Waals surface area (Å²) in [6.45, 7) is 0.766. The van der Waals surface area contributed by atoms with Crippen molar-refractivity contribution in [3.63, 3.8) is 0 Å². The minimum absolute atomic E-state index is 0.00101. The number of benzene rings is 4. The third-order valence-electron chi connectivity index (χ3n) is 7.24. The Morgan fingerprint density at radius 1 is 0.628 bits per heavy atom. The Balaban J connectivity index is 1.09. The lowest BCUT2D eigenvalue weighted by Crippen LogP contribution is -2.20. The monoisotopic (exact) mass is 599 g/mol. The first-order valence-corrected chi connectivity index (χ1v) is 16.8. The number of ether oxygens (including phenoxy) is 1. The van der Waals surface area contributed by atoms with Gasteiger partial charge in [-0.2, -0.15) is 0 Å². The van der Waals surface area contributed by atoms with Crippen LogP contribution in [0.2, 0.25) is 0 Å². The van der Waals surface area contributed by atoms with Crippen LogP contribution in [0.4, 0.5) is 5.69 Å². The highest BCUT2D eigenvalue weighted by Crippen LogP contribution is 2.45. The second kappa shape index (κ2) is 17.3. The van der Waals surface area contributed by atoms with Crippen LogP contribution in [-0.4, -0.2) is 17.6 Å². The van der Waals surface area contributed by atoms with Gasteiger partial charge in [-0.1, -0.05) is 87.1 Å². The van der Waals surface area contributed by atoms with Crippen molar-refractivity contribution in [2.45, 2.75) is 64.4 Å². The summed E-state index contributed by atoms with van der Waals surface area (Å²) in [7, 11) is -3.34. The standard InChI is InChI=1S/C36H42NO5P/c38-29-30-20-24-32(25-21-30)41-28-14-6-4-2-1-3-5-13-19-36(39)37-31-22-26-33(27-23-31)42-43(40,34-15-9-7-10-16-34)35-17-11-8-12-18-35/h7-12,15-18,20-27,38H,1-6,13-14,19,28-29H2,(H,37,39). The van der Waals surface area contributed by atoms with Crippen LogP contribution in [0.5, 0.6) is 11.5 Å². The Hall–Kier alpha value is -3.86. The number of aliphatic hydroxyl groups is 1. The van der Waals surface area contributed by atoms with Gasteiger partial charge in [0.15, 0.2) is 0 Å². The topological polar surface area (TPSA) is 84.9 Å². The summed E-state index contributed by atoms with van der Waals surface area (Å²) in [5.74, 6) is 1.33. The van der Waals surface area contributed by atoms with Crippen LogP contribution in [0, 0.1) is 0 Å². The van der Waals surface area contributed by atoms with E-state index in [-0.39, 0.29) is 12.5 Å². The number of nitrogens with one attached hydrogen (secondary N) is 1. The van der Waals surface area contributed by atoms with Gasteiger partial charge in [-0.05, 0) is 79.1 Å². The molecule has 0 atom stereocenters. The van der Waals surface area contributed by atoms with E-state index in [1.54, 1.807) is 24.3 Å². The third-order valence-corrected chi connectivity index (χ3v) is 9.66. The summed E-state index contributed by atoms with van der Waals surface area (Å²) >= 11 is 0. The molecule has 0 radical (unpaired) electrons. The number of hydrogen-bond acceptors (Lipinski definition) is 5. The highest BCUT2D eigenvalue weighted by Gasteiger charge is 2.29. The molecule has 4 rings (SSSR count). The molecule has 7 heteroatoms. The number of amides is 1. The lowest BCUT2D eigenvalue weighted by Gasteiger charge is -2.20. The molecule has 0 aliphatic rings. The fraction of sp³-hybridized carbons (Fsp3) is 0.306. The zero-order valence-corrected chi connectivity index (χ0v) is 25.6. The Morgan fingerprint density at radius 3 is 1.70 bits per heavy atom. The van der Waals surface area contributed by atoms with Crippen molar-refractivity contribution in [2.24, 2.45) is 0 Å². The molecule has 0 aliphatic carbocycles. The number of aliphatic hydroxyl groups excluding tert-OH is 1. The zero-order valence-electron chi connectivity index (χ0n) is 24.7. The molecule has 2 N–H and O–H groups in total. The molecule has 0 fully saturated rings. The molecule has 0 spiro atoms. The number of rotatable bonds is 18. The van der Waals surface area contributed by atoms with Crippen LogP contribution in [0.15, 0.2) is 109 Å². The maximum absolute atomic E-state index is 14.1. The van der Waals surface area contributed by atoms with E-state index in [1.807, 2.05) is 84.9 Å². The van der Waals surface area contributed by atoms with Crippen LogP contribution in [0.3, 0.4) is 0 Å². The second-order valence-corrected chi connectivity index (χ2v) is 12.9. The summed E-state index contributed by atoms with van der Waals surface area (Å²) in [4.78, 5) is 12.5. The van der Waals surface area contributed by atoms with Crippen LogP contribution in [-0.2, 0) is 16.0 Å². The molecular formula is C36H42NO5P. The van der Waals surface area contributed by atoms with Gasteiger partial charge < -0.3 is 19.7 Å². The molecule has 0 aromatic heterocycles. The maximum atomic E-state index is 14.1. The Bertz CT molecular complexity index is 1370. The van der Waals surface area contributed by atoms with Gasteiger partial charge in [0, 0.05) is 12.1 Å². The lowest BCUT2D eigenvalue weighted by molar-refractivity contribution is -0.116. The van der Waals surface area contributed by atoms with E-state index in [1.165, 1.54) is 19.3 Å². The van der Waals surface area contributed by atoms with Crippen molar-refractivity contribution in [1.82, 2.24) is 0 Å². The van der Waals surface area contributed by atoms with Crippen molar-refractivity contribution in [3.05, 3.63) is 115 Å². The van der Waals surface area contributed by atoms with E-state index in [9.17, 15) is 9.36 Å². The fourth-order valence-electron chi connectivity index (χ4n) is 4.80. The predicted octanol–water partition coefficient (Wildman–Crippen LogP) is 8.02. The first kappa shape index (κ1) is 32.1. The third kappa shape index (κ3) is 10.4. The highest BCUT2D eigenvalue weighted by molar-refractivity contribution is 7.74. The quantitative estimate of drug-likeness (QED) is 0.0894. The van der Waals surface area contributed by atoms with Gasteiger partial charge >= 0.3 is 7.37 Å². The van der Waals surface area contributed by atoms with E-state index < -0.39 is 7.37 Å². The molecular weight excluding hydrogens is 557 g/mol. The average molecular weight is 600 g/mol. The molecule has 0 bridgehead atoms. The van der Waals surface area contributed by atoms with E-state index in [2.05, 4.69) is 5.32 Å². The Kier molecular flexibility index (Phi) is 12.9. The average Bonchev–Trinajstić information content (AvgIpc) is 3.05. The summed E-state index contributed by atoms with van der Waals surface area (Å²) in [6.07, 6.45) is 9.30. The number of carbonyl (C=O) groups is 1. The predicted molar refractivity (Wildman–Crippen MR) is 175 cm³/mol. The van der Waals surface area contributed by atoms with Crippen LogP contribution in [0.25, 0.3) is 0 Å². The highest BCUT2D eigenvalue weighted by atomic mass is 31.2. The molecule has 0 unspecified atom stereocenters. The van der Waals surface area contributed by atoms with Gasteiger partial charge in [0.25, 0.3) is 0 Å². The normalized spacial score (nSPS) is 11.2. The van der Waals surface area contributed by atoms with Crippen molar-refractivity contribution in [3.8, 4) is 11.5 Å². The second-order valence-electron chi connectivity index (χ2n) is 10.6. The van der Waals surface area contributed by atoms with Gasteiger partial charge in [-0.25, -0.2) is 0 Å². The van der Waals surface area contributed by atoms with Crippen molar-refractivity contribution in [1.29, 1.82) is 0 Å². The summed E-state index contributed by atoms with van der Waals surface area (Å²) in [5, 5.41) is 13.3. The van der Waals surface area contributed by atoms with Crippen LogP contribution < -0.4 is 25.2 Å².